The molecule has 4 rings (SSSR count). The molecule has 3 aliphatic rings. The van der Waals surface area contributed by atoms with Gasteiger partial charge in [-0.05, 0) is 51.3 Å². The highest BCUT2D eigenvalue weighted by Crippen LogP contribution is 2.35. The summed E-state index contributed by atoms with van der Waals surface area (Å²) in [6.07, 6.45) is 2.95. The van der Waals surface area contributed by atoms with Gasteiger partial charge in [-0.1, -0.05) is 0 Å². The maximum Gasteiger partial charge on any atom is 0.265 e. The molecule has 1 aromatic rings. The smallest absolute Gasteiger partial charge is 0.265 e. The Morgan fingerprint density at radius 1 is 1.13 bits per heavy atom. The Labute approximate surface area is 182 Å². The Hall–Kier alpha value is -2.17. The van der Waals surface area contributed by atoms with Crippen molar-refractivity contribution in [3.63, 3.8) is 0 Å². The van der Waals surface area contributed by atoms with Crippen molar-refractivity contribution >= 4 is 27.5 Å². The zero-order valence-electron chi connectivity index (χ0n) is 18.0. The molecule has 1 aromatic carbocycles. The lowest BCUT2D eigenvalue weighted by atomic mass is 9.97. The van der Waals surface area contributed by atoms with Gasteiger partial charge in [0, 0.05) is 25.2 Å². The quantitative estimate of drug-likeness (QED) is 0.683. The maximum atomic E-state index is 13.1. The van der Waals surface area contributed by atoms with Crippen LogP contribution < -0.4 is 9.64 Å². The molecule has 0 bridgehead atoms. The SMILES string of the molecule is C[C@@H]1CCC[C@@H](C)N1C(=O)CN1C(=O)COc2ccc(S(=O)(=O)N3CCOCC3)cc21. The second-order valence-corrected chi connectivity index (χ2v) is 10.3. The highest BCUT2D eigenvalue weighted by Gasteiger charge is 2.35. The third-order valence-corrected chi connectivity index (χ3v) is 8.15. The number of anilines is 1. The van der Waals surface area contributed by atoms with Crippen molar-refractivity contribution in [2.24, 2.45) is 0 Å². The largest absolute Gasteiger partial charge is 0.482 e. The summed E-state index contributed by atoms with van der Waals surface area (Å²) in [5.41, 5.74) is 0.316. The highest BCUT2D eigenvalue weighted by molar-refractivity contribution is 7.89. The lowest BCUT2D eigenvalue weighted by Crippen LogP contribution is -2.53. The van der Waals surface area contributed by atoms with Gasteiger partial charge in [0.1, 0.15) is 12.3 Å². The summed E-state index contributed by atoms with van der Waals surface area (Å²) >= 11 is 0. The van der Waals surface area contributed by atoms with E-state index >= 15 is 0 Å². The number of amides is 2. The van der Waals surface area contributed by atoms with Crippen molar-refractivity contribution in [3.05, 3.63) is 18.2 Å². The molecule has 0 spiro atoms. The van der Waals surface area contributed by atoms with Crippen LogP contribution in [0.15, 0.2) is 23.1 Å². The van der Waals surface area contributed by atoms with Gasteiger partial charge >= 0.3 is 0 Å². The summed E-state index contributed by atoms with van der Waals surface area (Å²) in [5.74, 6) is -0.102. The summed E-state index contributed by atoms with van der Waals surface area (Å²) in [7, 11) is -3.74. The van der Waals surface area contributed by atoms with Crippen molar-refractivity contribution in [2.45, 2.75) is 50.1 Å². The van der Waals surface area contributed by atoms with Crippen molar-refractivity contribution < 1.29 is 27.5 Å². The van der Waals surface area contributed by atoms with Gasteiger partial charge in [-0.3, -0.25) is 14.5 Å². The Morgan fingerprint density at radius 2 is 1.81 bits per heavy atom. The average molecular weight is 452 g/mol. The molecule has 170 valence electrons. The van der Waals surface area contributed by atoms with Gasteiger partial charge in [-0.25, -0.2) is 8.42 Å². The molecule has 9 nitrogen and oxygen atoms in total. The fourth-order valence-corrected chi connectivity index (χ4v) is 6.01. The van der Waals surface area contributed by atoms with Crippen LogP contribution in [0.4, 0.5) is 5.69 Å². The molecule has 0 aliphatic carbocycles. The van der Waals surface area contributed by atoms with E-state index < -0.39 is 10.0 Å². The van der Waals surface area contributed by atoms with Gasteiger partial charge in [-0.15, -0.1) is 0 Å². The first-order valence-electron chi connectivity index (χ1n) is 10.8. The number of morpholine rings is 1. The monoisotopic (exact) mass is 451 g/mol. The van der Waals surface area contributed by atoms with Crippen molar-refractivity contribution in [3.8, 4) is 5.75 Å². The van der Waals surface area contributed by atoms with Crippen LogP contribution in [-0.2, 0) is 24.3 Å². The minimum Gasteiger partial charge on any atom is -0.482 e. The third kappa shape index (κ3) is 4.28. The first-order chi connectivity index (χ1) is 14.8. The van der Waals surface area contributed by atoms with E-state index in [9.17, 15) is 18.0 Å². The zero-order valence-corrected chi connectivity index (χ0v) is 18.8. The Balaban J connectivity index is 1.62. The second-order valence-electron chi connectivity index (χ2n) is 8.34. The second kappa shape index (κ2) is 8.76. The number of ether oxygens (including phenoxy) is 2. The normalized spacial score (nSPS) is 25.2. The fraction of sp³-hybridized carbons (Fsp3) is 0.619. The fourth-order valence-electron chi connectivity index (χ4n) is 4.58. The first kappa shape index (κ1) is 22.0. The number of likely N-dealkylation sites (tertiary alicyclic amines) is 1. The highest BCUT2D eigenvalue weighted by atomic mass is 32.2. The lowest BCUT2D eigenvalue weighted by Gasteiger charge is -2.40. The number of hydrogen-bond donors (Lipinski definition) is 0. The van der Waals surface area contributed by atoms with Gasteiger partial charge in [0.15, 0.2) is 6.61 Å². The minimum atomic E-state index is -3.74. The van der Waals surface area contributed by atoms with E-state index in [0.29, 0.717) is 24.7 Å². The average Bonchev–Trinajstić information content (AvgIpc) is 2.76. The number of nitrogens with zero attached hydrogens (tertiary/aromatic N) is 3. The van der Waals surface area contributed by atoms with Crippen molar-refractivity contribution in [2.75, 3.05) is 44.4 Å². The van der Waals surface area contributed by atoms with Crippen LogP contribution in [0.5, 0.6) is 5.75 Å². The van der Waals surface area contributed by atoms with Gasteiger partial charge in [0.25, 0.3) is 5.91 Å². The molecule has 0 unspecified atom stereocenters. The van der Waals surface area contributed by atoms with E-state index in [-0.39, 0.29) is 55.0 Å². The summed E-state index contributed by atoms with van der Waals surface area (Å²) < 4.78 is 38.3. The maximum absolute atomic E-state index is 13.1. The van der Waals surface area contributed by atoms with Crippen LogP contribution in [-0.4, -0.2) is 81.0 Å². The summed E-state index contributed by atoms with van der Waals surface area (Å²) in [4.78, 5) is 29.1. The molecular formula is C21H29N3O6S. The third-order valence-electron chi connectivity index (χ3n) is 6.26. The lowest BCUT2D eigenvalue weighted by molar-refractivity contribution is -0.137. The number of carbonyl (C=O) groups excluding carboxylic acids is 2. The topological polar surface area (TPSA) is 96.5 Å². The number of piperidine rings is 1. The van der Waals surface area contributed by atoms with Gasteiger partial charge in [-0.2, -0.15) is 4.31 Å². The van der Waals surface area contributed by atoms with Crippen LogP contribution in [0.25, 0.3) is 0 Å². The molecule has 0 N–H and O–H groups in total. The first-order valence-corrected chi connectivity index (χ1v) is 12.2. The molecule has 2 saturated heterocycles. The predicted octanol–water partition coefficient (Wildman–Crippen LogP) is 1.22. The van der Waals surface area contributed by atoms with Gasteiger partial charge < -0.3 is 14.4 Å². The van der Waals surface area contributed by atoms with Crippen LogP contribution in [0, 0.1) is 0 Å². The van der Waals surface area contributed by atoms with Crippen LogP contribution in [0.1, 0.15) is 33.1 Å². The molecule has 2 fully saturated rings. The van der Waals surface area contributed by atoms with E-state index in [0.717, 1.165) is 19.3 Å². The minimum absolute atomic E-state index is 0.0728. The molecule has 2 amide bonds. The Morgan fingerprint density at radius 3 is 2.48 bits per heavy atom. The van der Waals surface area contributed by atoms with E-state index in [2.05, 4.69) is 0 Å². The number of sulfonamides is 1. The molecular weight excluding hydrogens is 422 g/mol. The van der Waals surface area contributed by atoms with Crippen molar-refractivity contribution in [1.29, 1.82) is 0 Å². The standard InChI is InChI=1S/C21H29N3O6S/c1-15-4-3-5-16(2)24(15)20(25)13-23-18-12-17(6-7-19(18)30-14-21(23)26)31(27,28)22-8-10-29-11-9-22/h6-7,12,15-16H,3-5,8-11,13-14H2,1-2H3/t15-,16-/m1/s1. The number of fused-ring (bicyclic) bond motifs is 1. The Kier molecular flexibility index (Phi) is 6.23. The number of rotatable bonds is 4. The van der Waals surface area contributed by atoms with E-state index in [4.69, 9.17) is 9.47 Å². The molecule has 0 saturated carbocycles. The van der Waals surface area contributed by atoms with Crippen molar-refractivity contribution in [1.82, 2.24) is 9.21 Å². The van der Waals surface area contributed by atoms with E-state index in [1.165, 1.54) is 21.3 Å². The van der Waals surface area contributed by atoms with E-state index in [1.54, 1.807) is 6.07 Å². The van der Waals surface area contributed by atoms with Crippen LogP contribution in [0.3, 0.4) is 0 Å². The molecule has 2 atom stereocenters. The van der Waals surface area contributed by atoms with Gasteiger partial charge in [0.2, 0.25) is 15.9 Å². The number of carbonyl (C=O) groups is 2. The summed E-state index contributed by atoms with van der Waals surface area (Å²) in [6, 6.07) is 4.69. The van der Waals surface area contributed by atoms with Crippen LogP contribution in [0.2, 0.25) is 0 Å². The molecule has 31 heavy (non-hydrogen) atoms. The Bertz CT molecular complexity index is 950. The molecule has 3 aliphatic heterocycles. The number of hydrogen-bond acceptors (Lipinski definition) is 6. The summed E-state index contributed by atoms with van der Waals surface area (Å²) in [5, 5.41) is 0. The van der Waals surface area contributed by atoms with Gasteiger partial charge in [0.05, 0.1) is 23.8 Å². The van der Waals surface area contributed by atoms with E-state index in [1.807, 2.05) is 18.7 Å². The molecule has 3 heterocycles. The zero-order chi connectivity index (χ0) is 22.2. The molecule has 0 aromatic heterocycles. The summed E-state index contributed by atoms with van der Waals surface area (Å²) in [6.45, 7) is 4.98. The number of benzene rings is 1. The predicted molar refractivity (Wildman–Crippen MR) is 113 cm³/mol. The molecule has 10 heteroatoms. The molecule has 0 radical (unpaired) electrons. The van der Waals surface area contributed by atoms with Crippen LogP contribution >= 0.6 is 0 Å².